The number of aromatic amines is 1. The van der Waals surface area contributed by atoms with Crippen LogP contribution in [-0.4, -0.2) is 65.5 Å². The Morgan fingerprint density at radius 1 is 1.16 bits per heavy atom. The average molecular weight is 434 g/mol. The Kier molecular flexibility index (Phi) is 6.94. The van der Waals surface area contributed by atoms with Crippen molar-refractivity contribution in [3.8, 4) is 17.0 Å². The Balaban J connectivity index is 1.45. The van der Waals surface area contributed by atoms with Gasteiger partial charge in [0, 0.05) is 25.3 Å². The van der Waals surface area contributed by atoms with Gasteiger partial charge in [-0.25, -0.2) is 4.98 Å². The topological polar surface area (TPSA) is 92.6 Å². The Morgan fingerprint density at radius 3 is 2.69 bits per heavy atom. The standard InChI is InChI=1S/C23H27N7O2/c1-24-22-14-26-23(15-25-22)27-21-13-19(28-29-21)18-5-4-17(12-20(18)32-3)16-6-8-30(9-7-16)10-11-31-2/h4-5,12-16H,6-11H2,2-3H3,(H2,26,27,28,29). The Hall–Kier alpha value is -3.48. The third kappa shape index (κ3) is 5.04. The highest BCUT2D eigenvalue weighted by molar-refractivity contribution is 5.71. The first-order valence-corrected chi connectivity index (χ1v) is 10.6. The number of ether oxygens (including phenoxy) is 2. The lowest BCUT2D eigenvalue weighted by atomic mass is 9.88. The molecular formula is C23H27N7O2. The molecule has 3 heterocycles. The highest BCUT2D eigenvalue weighted by Gasteiger charge is 2.22. The van der Waals surface area contributed by atoms with Crippen LogP contribution in [0.25, 0.3) is 16.1 Å². The maximum absolute atomic E-state index is 6.95. The zero-order valence-electron chi connectivity index (χ0n) is 18.3. The summed E-state index contributed by atoms with van der Waals surface area (Å²) >= 11 is 0. The molecule has 1 aliphatic rings. The van der Waals surface area contributed by atoms with Crippen LogP contribution in [0.5, 0.6) is 5.75 Å². The van der Waals surface area contributed by atoms with Gasteiger partial charge >= 0.3 is 0 Å². The number of nitrogens with one attached hydrogen (secondary N) is 2. The minimum atomic E-state index is 0.253. The molecule has 1 fully saturated rings. The Labute approximate surface area is 187 Å². The number of anilines is 2. The molecule has 4 rings (SSSR count). The van der Waals surface area contributed by atoms with Crippen molar-refractivity contribution < 1.29 is 9.47 Å². The van der Waals surface area contributed by atoms with Crippen LogP contribution in [-0.2, 0) is 4.74 Å². The van der Waals surface area contributed by atoms with Crippen LogP contribution in [0.3, 0.4) is 0 Å². The zero-order chi connectivity index (χ0) is 22.3. The van der Waals surface area contributed by atoms with Gasteiger partial charge in [0.1, 0.15) is 5.75 Å². The molecule has 1 aliphatic heterocycles. The van der Waals surface area contributed by atoms with Crippen LogP contribution in [0.4, 0.5) is 17.5 Å². The van der Waals surface area contributed by atoms with E-state index in [-0.39, 0.29) is 5.82 Å². The third-order valence-electron chi connectivity index (χ3n) is 5.77. The smallest absolute Gasteiger partial charge is 0.288 e. The molecule has 0 atom stereocenters. The molecule has 0 radical (unpaired) electrons. The van der Waals surface area contributed by atoms with E-state index in [1.807, 2.05) is 6.07 Å². The molecule has 1 saturated heterocycles. The molecule has 0 unspecified atom stereocenters. The second kappa shape index (κ2) is 10.2. The van der Waals surface area contributed by atoms with Crippen molar-refractivity contribution in [1.29, 1.82) is 0 Å². The third-order valence-corrected chi connectivity index (χ3v) is 5.77. The second-order valence-electron chi connectivity index (χ2n) is 7.73. The fourth-order valence-corrected chi connectivity index (χ4v) is 3.99. The first kappa shape index (κ1) is 21.7. The van der Waals surface area contributed by atoms with Crippen molar-refractivity contribution in [3.05, 3.63) is 53.6 Å². The van der Waals surface area contributed by atoms with Gasteiger partial charge in [-0.2, -0.15) is 5.10 Å². The minimum absolute atomic E-state index is 0.253. The van der Waals surface area contributed by atoms with Crippen LogP contribution < -0.4 is 10.1 Å². The van der Waals surface area contributed by atoms with Crippen LogP contribution >= 0.6 is 0 Å². The van der Waals surface area contributed by atoms with E-state index in [1.165, 1.54) is 18.0 Å². The number of nitrogens with zero attached hydrogens (tertiary/aromatic N) is 5. The predicted molar refractivity (Wildman–Crippen MR) is 122 cm³/mol. The summed E-state index contributed by atoms with van der Waals surface area (Å²) in [6.07, 6.45) is 5.21. The molecule has 166 valence electrons. The van der Waals surface area contributed by atoms with Gasteiger partial charge in [0.05, 0.1) is 25.6 Å². The number of hydrogen-bond acceptors (Lipinski definition) is 7. The summed E-state index contributed by atoms with van der Waals surface area (Å²) in [5.41, 5.74) is 3.10. The monoisotopic (exact) mass is 433 g/mol. The van der Waals surface area contributed by atoms with E-state index in [2.05, 4.69) is 53.4 Å². The number of likely N-dealkylation sites (tertiary alicyclic amines) is 1. The highest BCUT2D eigenvalue weighted by atomic mass is 16.5. The van der Waals surface area contributed by atoms with Crippen molar-refractivity contribution in [3.63, 3.8) is 0 Å². The average Bonchev–Trinajstić information content (AvgIpc) is 3.31. The van der Waals surface area contributed by atoms with E-state index in [9.17, 15) is 0 Å². The van der Waals surface area contributed by atoms with Crippen molar-refractivity contribution >= 4 is 17.5 Å². The van der Waals surface area contributed by atoms with Crippen molar-refractivity contribution in [1.82, 2.24) is 25.1 Å². The number of methoxy groups -OCH3 is 2. The normalized spacial score (nSPS) is 14.8. The van der Waals surface area contributed by atoms with E-state index in [0.29, 0.717) is 17.6 Å². The van der Waals surface area contributed by atoms with Gasteiger partial charge in [-0.05, 0) is 49.5 Å². The predicted octanol–water partition coefficient (Wildman–Crippen LogP) is 4.00. The van der Waals surface area contributed by atoms with E-state index in [0.717, 1.165) is 56.1 Å². The molecule has 32 heavy (non-hydrogen) atoms. The van der Waals surface area contributed by atoms with E-state index >= 15 is 0 Å². The van der Waals surface area contributed by atoms with Gasteiger partial charge in [-0.1, -0.05) is 12.6 Å². The van der Waals surface area contributed by atoms with Crippen molar-refractivity contribution in [2.45, 2.75) is 18.8 Å². The summed E-state index contributed by atoms with van der Waals surface area (Å²) in [4.78, 5) is 13.9. The molecule has 0 saturated carbocycles. The van der Waals surface area contributed by atoms with Crippen LogP contribution in [0.1, 0.15) is 24.3 Å². The first-order valence-electron chi connectivity index (χ1n) is 10.6. The highest BCUT2D eigenvalue weighted by Crippen LogP contribution is 2.36. The molecular weight excluding hydrogens is 406 g/mol. The molecule has 3 aromatic rings. The Morgan fingerprint density at radius 2 is 2.00 bits per heavy atom. The van der Waals surface area contributed by atoms with Crippen LogP contribution in [0, 0.1) is 6.57 Å². The number of aromatic nitrogens is 4. The number of hydrogen-bond donors (Lipinski definition) is 2. The lowest BCUT2D eigenvalue weighted by molar-refractivity contribution is 0.130. The van der Waals surface area contributed by atoms with Gasteiger partial charge in [0.15, 0.2) is 17.8 Å². The van der Waals surface area contributed by atoms with Crippen molar-refractivity contribution in [2.75, 3.05) is 45.8 Å². The van der Waals surface area contributed by atoms with Gasteiger partial charge in [0.2, 0.25) is 0 Å². The summed E-state index contributed by atoms with van der Waals surface area (Å²) < 4.78 is 10.9. The SMILES string of the molecule is [C-]#[N+]c1cnc(Nc2cc(-c3ccc(C4CCN(CCOC)CC4)cc3OC)[nH]n2)cn1. The molecule has 1 aromatic carbocycles. The van der Waals surface area contributed by atoms with Crippen molar-refractivity contribution in [2.24, 2.45) is 0 Å². The summed E-state index contributed by atoms with van der Waals surface area (Å²) in [6, 6.07) is 8.33. The fourth-order valence-electron chi connectivity index (χ4n) is 3.99. The fraction of sp³-hybridized carbons (Fsp3) is 0.391. The summed E-state index contributed by atoms with van der Waals surface area (Å²) in [5, 5.41) is 10.5. The van der Waals surface area contributed by atoms with Gasteiger partial charge in [0.25, 0.3) is 5.82 Å². The van der Waals surface area contributed by atoms with Gasteiger partial charge in [-0.3, -0.25) is 5.10 Å². The number of benzene rings is 1. The molecule has 0 spiro atoms. The molecule has 9 heteroatoms. The maximum Gasteiger partial charge on any atom is 0.288 e. The molecule has 2 N–H and O–H groups in total. The summed E-state index contributed by atoms with van der Waals surface area (Å²) in [7, 11) is 3.45. The second-order valence-corrected chi connectivity index (χ2v) is 7.73. The quantitative estimate of drug-likeness (QED) is 0.519. The van der Waals surface area contributed by atoms with E-state index in [1.54, 1.807) is 14.2 Å². The minimum Gasteiger partial charge on any atom is -0.496 e. The van der Waals surface area contributed by atoms with Crippen LogP contribution in [0.2, 0.25) is 0 Å². The molecule has 2 aromatic heterocycles. The molecule has 9 nitrogen and oxygen atoms in total. The lowest BCUT2D eigenvalue weighted by Crippen LogP contribution is -2.35. The molecule has 0 amide bonds. The first-order chi connectivity index (χ1) is 15.7. The summed E-state index contributed by atoms with van der Waals surface area (Å²) in [5.74, 6) is 2.74. The van der Waals surface area contributed by atoms with Crippen LogP contribution in [0.15, 0.2) is 36.7 Å². The summed E-state index contributed by atoms with van der Waals surface area (Å²) in [6.45, 7) is 10.9. The largest absolute Gasteiger partial charge is 0.496 e. The molecule has 0 aliphatic carbocycles. The van der Waals surface area contributed by atoms with E-state index in [4.69, 9.17) is 16.0 Å². The van der Waals surface area contributed by atoms with E-state index < -0.39 is 0 Å². The maximum atomic E-state index is 6.95. The zero-order valence-corrected chi connectivity index (χ0v) is 18.3. The number of H-pyrrole nitrogens is 1. The lowest BCUT2D eigenvalue weighted by Gasteiger charge is -2.32. The number of piperidine rings is 1. The van der Waals surface area contributed by atoms with Gasteiger partial charge in [-0.15, -0.1) is 4.98 Å². The molecule has 0 bridgehead atoms. The van der Waals surface area contributed by atoms with Gasteiger partial charge < -0.3 is 24.5 Å². The number of rotatable bonds is 8. The Bertz CT molecular complexity index is 1070.